The summed E-state index contributed by atoms with van der Waals surface area (Å²) in [5.74, 6) is 1.09. The molecule has 3 aliphatic carbocycles. The van der Waals surface area contributed by atoms with Crippen LogP contribution in [-0.2, 0) is 15.1 Å². The van der Waals surface area contributed by atoms with Gasteiger partial charge in [0.15, 0.2) is 0 Å². The highest BCUT2D eigenvalue weighted by Gasteiger charge is 2.55. The molecule has 1 saturated heterocycles. The van der Waals surface area contributed by atoms with Crippen LogP contribution in [0.15, 0.2) is 30.3 Å². The highest BCUT2D eigenvalue weighted by Crippen LogP contribution is 2.57. The Bertz CT molecular complexity index is 991. The van der Waals surface area contributed by atoms with Gasteiger partial charge in [0.1, 0.15) is 0 Å². The number of nitrogens with zero attached hydrogens (tertiary/aromatic N) is 2. The molecule has 2 unspecified atom stereocenters. The van der Waals surface area contributed by atoms with E-state index >= 15 is 0 Å². The van der Waals surface area contributed by atoms with Gasteiger partial charge in [-0.3, -0.25) is 14.5 Å². The van der Waals surface area contributed by atoms with Crippen molar-refractivity contribution in [3.63, 3.8) is 0 Å². The van der Waals surface area contributed by atoms with E-state index in [1.165, 1.54) is 24.8 Å². The second-order valence-electron chi connectivity index (χ2n) is 13.8. The molecule has 4 aliphatic rings. The molecule has 216 valence electrons. The number of amides is 2. The monoisotopic (exact) mass is 537 g/mol. The Morgan fingerprint density at radius 2 is 1.67 bits per heavy atom. The number of carbonyl (C=O) groups excluding carboxylic acids is 2. The van der Waals surface area contributed by atoms with Crippen LogP contribution in [0.5, 0.6) is 0 Å². The zero-order valence-corrected chi connectivity index (χ0v) is 24.6. The molecule has 1 aromatic rings. The Balaban J connectivity index is 1.32. The number of piperidine rings is 1. The molecule has 1 heterocycles. The SMILES string of the molecule is CC1C(=O)N(CC(=O)NCC2(O)CCCCC2)C[C@]2(CC[C@](c3ccccc3)(N(C)C)CC2)C1CC1CCC1. The molecule has 0 radical (unpaired) electrons. The zero-order valence-electron chi connectivity index (χ0n) is 24.6. The molecule has 0 aromatic heterocycles. The van der Waals surface area contributed by atoms with Crippen molar-refractivity contribution in [3.8, 4) is 0 Å². The van der Waals surface area contributed by atoms with Crippen molar-refractivity contribution in [1.82, 2.24) is 15.1 Å². The third-order valence-electron chi connectivity index (χ3n) is 11.4. The third-order valence-corrected chi connectivity index (χ3v) is 11.4. The van der Waals surface area contributed by atoms with Gasteiger partial charge in [0.25, 0.3) is 0 Å². The van der Waals surface area contributed by atoms with Gasteiger partial charge in [-0.1, -0.05) is 75.8 Å². The average Bonchev–Trinajstić information content (AvgIpc) is 2.91. The fraction of sp³-hybridized carbons (Fsp3) is 0.758. The van der Waals surface area contributed by atoms with Gasteiger partial charge in [-0.25, -0.2) is 0 Å². The summed E-state index contributed by atoms with van der Waals surface area (Å²) in [5, 5.41) is 13.8. The van der Waals surface area contributed by atoms with Gasteiger partial charge in [0.05, 0.1) is 12.1 Å². The molecule has 2 amide bonds. The summed E-state index contributed by atoms with van der Waals surface area (Å²) in [5.41, 5.74) is 0.658. The molecule has 1 aliphatic heterocycles. The number of rotatable bonds is 8. The first-order valence-corrected chi connectivity index (χ1v) is 15.7. The number of likely N-dealkylation sites (tertiary alicyclic amines) is 1. The van der Waals surface area contributed by atoms with Crippen molar-refractivity contribution >= 4 is 11.8 Å². The van der Waals surface area contributed by atoms with Crippen LogP contribution in [0.1, 0.15) is 96.0 Å². The minimum atomic E-state index is -0.793. The number of benzene rings is 1. The Kier molecular flexibility index (Phi) is 8.45. The van der Waals surface area contributed by atoms with Gasteiger partial charge in [-0.2, -0.15) is 0 Å². The van der Waals surface area contributed by atoms with Crippen molar-refractivity contribution < 1.29 is 14.7 Å². The Hall–Kier alpha value is -1.92. The molecule has 3 saturated carbocycles. The molecule has 2 N–H and O–H groups in total. The number of nitrogens with one attached hydrogen (secondary N) is 1. The van der Waals surface area contributed by atoms with Gasteiger partial charge in [0, 0.05) is 24.5 Å². The molecule has 4 fully saturated rings. The lowest BCUT2D eigenvalue weighted by molar-refractivity contribution is -0.158. The van der Waals surface area contributed by atoms with E-state index in [-0.39, 0.29) is 35.2 Å². The van der Waals surface area contributed by atoms with Crippen LogP contribution < -0.4 is 5.32 Å². The lowest BCUT2D eigenvalue weighted by Crippen LogP contribution is -2.61. The quantitative estimate of drug-likeness (QED) is 0.484. The summed E-state index contributed by atoms with van der Waals surface area (Å²) in [6.07, 6.45) is 14.0. The maximum atomic E-state index is 13.7. The Morgan fingerprint density at radius 3 is 2.26 bits per heavy atom. The summed E-state index contributed by atoms with van der Waals surface area (Å²) in [6.45, 7) is 3.22. The molecule has 6 heteroatoms. The van der Waals surface area contributed by atoms with Crippen molar-refractivity contribution in [3.05, 3.63) is 35.9 Å². The number of carbonyl (C=O) groups is 2. The summed E-state index contributed by atoms with van der Waals surface area (Å²) >= 11 is 0. The van der Waals surface area contributed by atoms with Crippen LogP contribution in [0, 0.1) is 23.2 Å². The van der Waals surface area contributed by atoms with Gasteiger partial charge >= 0.3 is 0 Å². The van der Waals surface area contributed by atoms with Crippen LogP contribution in [0.3, 0.4) is 0 Å². The van der Waals surface area contributed by atoms with Crippen LogP contribution in [0.25, 0.3) is 0 Å². The minimum absolute atomic E-state index is 0.00979. The normalized spacial score (nSPS) is 33.3. The van der Waals surface area contributed by atoms with Gasteiger partial charge in [-0.15, -0.1) is 0 Å². The van der Waals surface area contributed by atoms with E-state index in [0.717, 1.165) is 70.1 Å². The molecular formula is C33H51N3O3. The van der Waals surface area contributed by atoms with Crippen LogP contribution >= 0.6 is 0 Å². The van der Waals surface area contributed by atoms with Crippen LogP contribution in [0.4, 0.5) is 0 Å². The molecule has 5 rings (SSSR count). The second kappa shape index (κ2) is 11.5. The largest absolute Gasteiger partial charge is 0.388 e. The third kappa shape index (κ3) is 5.79. The Labute approximate surface area is 235 Å². The molecule has 2 atom stereocenters. The maximum absolute atomic E-state index is 13.7. The van der Waals surface area contributed by atoms with E-state index in [1.54, 1.807) is 0 Å². The average molecular weight is 538 g/mol. The van der Waals surface area contributed by atoms with Gasteiger partial charge in [0.2, 0.25) is 11.8 Å². The molecule has 1 aromatic carbocycles. The lowest BCUT2D eigenvalue weighted by Gasteiger charge is -2.58. The first kappa shape index (κ1) is 28.6. The van der Waals surface area contributed by atoms with E-state index < -0.39 is 5.60 Å². The van der Waals surface area contributed by atoms with Crippen molar-refractivity contribution in [1.29, 1.82) is 0 Å². The van der Waals surface area contributed by atoms with E-state index in [1.807, 2.05) is 4.90 Å². The van der Waals surface area contributed by atoms with E-state index in [2.05, 4.69) is 61.6 Å². The molecule has 0 bridgehead atoms. The van der Waals surface area contributed by atoms with Crippen molar-refractivity contribution in [2.24, 2.45) is 23.2 Å². The minimum Gasteiger partial charge on any atom is -0.388 e. The first-order valence-electron chi connectivity index (χ1n) is 15.7. The van der Waals surface area contributed by atoms with Crippen LogP contribution in [-0.4, -0.2) is 66.1 Å². The van der Waals surface area contributed by atoms with Crippen molar-refractivity contribution in [2.45, 2.75) is 102 Å². The predicted octanol–water partition coefficient (Wildman–Crippen LogP) is 5.10. The van der Waals surface area contributed by atoms with Gasteiger partial charge < -0.3 is 15.3 Å². The lowest BCUT2D eigenvalue weighted by atomic mass is 9.53. The van der Waals surface area contributed by atoms with Crippen molar-refractivity contribution in [2.75, 3.05) is 33.7 Å². The highest BCUT2D eigenvalue weighted by atomic mass is 16.3. The zero-order chi connectivity index (χ0) is 27.7. The summed E-state index contributed by atoms with van der Waals surface area (Å²) in [6, 6.07) is 10.9. The standard InChI is InChI=1S/C33H51N3O3/c1-25-28(21-26-11-10-12-26)31(17-19-33(20-18-31,35(2)3)27-13-6-4-7-14-27)24-36(30(25)38)22-29(37)34-23-32(39)15-8-5-9-16-32/h4,6-7,13-14,25-26,28,39H,5,8-12,15-24H2,1-3H3,(H,34,37)/t25?,28?,31-,33+. The van der Waals surface area contributed by atoms with Gasteiger partial charge in [-0.05, 0) is 81.9 Å². The number of aliphatic hydroxyl groups is 1. The first-order chi connectivity index (χ1) is 18.7. The molecule has 39 heavy (non-hydrogen) atoms. The molecular weight excluding hydrogens is 486 g/mol. The summed E-state index contributed by atoms with van der Waals surface area (Å²) in [7, 11) is 4.42. The Morgan fingerprint density at radius 1 is 1.00 bits per heavy atom. The summed E-state index contributed by atoms with van der Waals surface area (Å²) in [4.78, 5) is 31.1. The molecule has 1 spiro atoms. The fourth-order valence-electron chi connectivity index (χ4n) is 8.55. The smallest absolute Gasteiger partial charge is 0.239 e. The van der Waals surface area contributed by atoms with E-state index in [0.29, 0.717) is 19.0 Å². The van der Waals surface area contributed by atoms with Crippen LogP contribution in [0.2, 0.25) is 0 Å². The summed E-state index contributed by atoms with van der Waals surface area (Å²) < 4.78 is 0. The maximum Gasteiger partial charge on any atom is 0.239 e. The number of hydrogen-bond donors (Lipinski definition) is 2. The second-order valence-corrected chi connectivity index (χ2v) is 13.8. The fourth-order valence-corrected chi connectivity index (χ4v) is 8.55. The van der Waals surface area contributed by atoms with E-state index in [9.17, 15) is 14.7 Å². The topological polar surface area (TPSA) is 72.9 Å². The predicted molar refractivity (Wildman–Crippen MR) is 155 cm³/mol. The number of hydrogen-bond acceptors (Lipinski definition) is 4. The van der Waals surface area contributed by atoms with E-state index in [4.69, 9.17) is 0 Å². The molecule has 6 nitrogen and oxygen atoms in total. The highest BCUT2D eigenvalue weighted by molar-refractivity contribution is 5.86.